The Balaban J connectivity index is 0.00000225. The van der Waals surface area contributed by atoms with Crippen LogP contribution in [0.1, 0.15) is 18.4 Å². The van der Waals surface area contributed by atoms with E-state index < -0.39 is 0 Å². The molecule has 1 saturated heterocycles. The zero-order valence-corrected chi connectivity index (χ0v) is 16.6. The lowest BCUT2D eigenvalue weighted by Crippen LogP contribution is -2.22. The van der Waals surface area contributed by atoms with Gasteiger partial charge in [0.25, 0.3) is 0 Å². The molecule has 0 bridgehead atoms. The first-order chi connectivity index (χ1) is 11.7. The standard InChI is InChI=1S/C18H23N5O.HI/c1-24-16-6-4-5-15(11-16)22-18(19)21-13-14-7-8-17(20-12-14)23-9-2-3-10-23;/h4-8,11-12H,2-3,9-10,13H2,1H3,(H3,19,21,22);1H. The number of aromatic nitrogens is 1. The lowest BCUT2D eigenvalue weighted by atomic mass is 10.3. The maximum absolute atomic E-state index is 5.94. The second kappa shape index (κ2) is 9.45. The Morgan fingerprint density at radius 2 is 2.08 bits per heavy atom. The summed E-state index contributed by atoms with van der Waals surface area (Å²) in [6.07, 6.45) is 4.37. The van der Waals surface area contributed by atoms with E-state index in [0.29, 0.717) is 12.5 Å². The Labute approximate surface area is 165 Å². The molecule has 1 aliphatic heterocycles. The van der Waals surface area contributed by atoms with E-state index in [1.807, 2.05) is 30.5 Å². The molecule has 7 heteroatoms. The molecule has 2 heterocycles. The fourth-order valence-electron chi connectivity index (χ4n) is 2.71. The first kappa shape index (κ1) is 19.3. The van der Waals surface area contributed by atoms with E-state index in [9.17, 15) is 0 Å². The van der Waals surface area contributed by atoms with Gasteiger partial charge >= 0.3 is 0 Å². The van der Waals surface area contributed by atoms with Crippen molar-refractivity contribution >= 4 is 41.4 Å². The molecule has 3 rings (SSSR count). The minimum absolute atomic E-state index is 0. The second-order valence-electron chi connectivity index (χ2n) is 5.78. The van der Waals surface area contributed by atoms with Crippen LogP contribution in [0.25, 0.3) is 0 Å². The molecule has 0 spiro atoms. The molecule has 0 aliphatic carbocycles. The van der Waals surface area contributed by atoms with Gasteiger partial charge in [-0.15, -0.1) is 24.0 Å². The number of nitrogens with zero attached hydrogens (tertiary/aromatic N) is 3. The molecular weight excluding hydrogens is 429 g/mol. The van der Waals surface area contributed by atoms with Crippen LogP contribution in [0.3, 0.4) is 0 Å². The summed E-state index contributed by atoms with van der Waals surface area (Å²) in [4.78, 5) is 11.2. The second-order valence-corrected chi connectivity index (χ2v) is 5.78. The van der Waals surface area contributed by atoms with E-state index in [1.165, 1.54) is 12.8 Å². The van der Waals surface area contributed by atoms with Crippen LogP contribution in [0.5, 0.6) is 5.75 Å². The summed E-state index contributed by atoms with van der Waals surface area (Å²) >= 11 is 0. The van der Waals surface area contributed by atoms with Crippen molar-refractivity contribution in [3.63, 3.8) is 0 Å². The molecule has 1 aromatic heterocycles. The van der Waals surface area contributed by atoms with Crippen LogP contribution in [0.4, 0.5) is 11.5 Å². The Morgan fingerprint density at radius 3 is 2.76 bits per heavy atom. The Morgan fingerprint density at radius 1 is 1.28 bits per heavy atom. The molecule has 6 nitrogen and oxygen atoms in total. The average molecular weight is 453 g/mol. The normalized spacial score (nSPS) is 14.1. The summed E-state index contributed by atoms with van der Waals surface area (Å²) in [6.45, 7) is 2.69. The van der Waals surface area contributed by atoms with Crippen molar-refractivity contribution in [3.8, 4) is 5.75 Å². The highest BCUT2D eigenvalue weighted by Crippen LogP contribution is 2.18. The topological polar surface area (TPSA) is 75.8 Å². The maximum Gasteiger partial charge on any atom is 0.193 e. The number of nitrogens with one attached hydrogen (secondary N) is 1. The fourth-order valence-corrected chi connectivity index (χ4v) is 2.71. The molecule has 1 aromatic carbocycles. The first-order valence-corrected chi connectivity index (χ1v) is 8.15. The number of nitrogens with two attached hydrogens (primary N) is 1. The number of halogens is 1. The number of benzene rings is 1. The van der Waals surface area contributed by atoms with Crippen LogP contribution >= 0.6 is 24.0 Å². The number of rotatable bonds is 5. The van der Waals surface area contributed by atoms with Crippen LogP contribution in [0.15, 0.2) is 47.6 Å². The summed E-state index contributed by atoms with van der Waals surface area (Å²) in [6, 6.07) is 11.7. The Bertz CT molecular complexity index is 699. The molecule has 0 atom stereocenters. The summed E-state index contributed by atoms with van der Waals surface area (Å²) in [5.41, 5.74) is 7.82. The first-order valence-electron chi connectivity index (χ1n) is 8.15. The number of hydrogen-bond acceptors (Lipinski definition) is 4. The summed E-state index contributed by atoms with van der Waals surface area (Å²) in [7, 11) is 1.63. The maximum atomic E-state index is 5.94. The number of guanidine groups is 1. The summed E-state index contributed by atoms with van der Waals surface area (Å²) < 4.78 is 5.19. The molecule has 1 fully saturated rings. The van der Waals surface area contributed by atoms with Crippen molar-refractivity contribution in [2.75, 3.05) is 30.4 Å². The SMILES string of the molecule is COc1cccc(NC(N)=NCc2ccc(N3CCCC3)nc2)c1.I. The Hall–Kier alpha value is -2.03. The number of pyridine rings is 1. The molecule has 0 radical (unpaired) electrons. The number of anilines is 2. The van der Waals surface area contributed by atoms with Gasteiger partial charge in [0, 0.05) is 31.0 Å². The van der Waals surface area contributed by atoms with E-state index >= 15 is 0 Å². The lowest BCUT2D eigenvalue weighted by Gasteiger charge is -2.16. The zero-order valence-electron chi connectivity index (χ0n) is 14.3. The van der Waals surface area contributed by atoms with Gasteiger partial charge in [0.2, 0.25) is 0 Å². The highest BCUT2D eigenvalue weighted by atomic mass is 127. The van der Waals surface area contributed by atoms with Crippen molar-refractivity contribution in [2.24, 2.45) is 10.7 Å². The molecule has 2 aromatic rings. The minimum atomic E-state index is 0. The van der Waals surface area contributed by atoms with Crippen LogP contribution < -0.4 is 20.7 Å². The van der Waals surface area contributed by atoms with Crippen molar-refractivity contribution in [3.05, 3.63) is 48.2 Å². The van der Waals surface area contributed by atoms with Crippen LogP contribution in [-0.2, 0) is 6.54 Å². The van der Waals surface area contributed by atoms with Gasteiger partial charge in [0.05, 0.1) is 13.7 Å². The van der Waals surface area contributed by atoms with E-state index in [1.54, 1.807) is 7.11 Å². The number of hydrogen-bond donors (Lipinski definition) is 2. The van der Waals surface area contributed by atoms with E-state index in [0.717, 1.165) is 35.9 Å². The highest BCUT2D eigenvalue weighted by Gasteiger charge is 2.12. The van der Waals surface area contributed by atoms with Crippen LogP contribution in [0.2, 0.25) is 0 Å². The minimum Gasteiger partial charge on any atom is -0.497 e. The van der Waals surface area contributed by atoms with Gasteiger partial charge in [-0.25, -0.2) is 9.98 Å². The molecule has 1 aliphatic rings. The van der Waals surface area contributed by atoms with Gasteiger partial charge in [0.1, 0.15) is 11.6 Å². The third-order valence-corrected chi connectivity index (χ3v) is 4.01. The van der Waals surface area contributed by atoms with Gasteiger partial charge in [-0.2, -0.15) is 0 Å². The molecule has 134 valence electrons. The van der Waals surface area contributed by atoms with Gasteiger partial charge in [-0.3, -0.25) is 0 Å². The van der Waals surface area contributed by atoms with Gasteiger partial charge < -0.3 is 20.7 Å². The third-order valence-electron chi connectivity index (χ3n) is 4.01. The molecular formula is C18H24IN5O. The third kappa shape index (κ3) is 5.48. The van der Waals surface area contributed by atoms with Crippen LogP contribution in [0, 0.1) is 0 Å². The van der Waals surface area contributed by atoms with Crippen molar-refractivity contribution in [2.45, 2.75) is 19.4 Å². The number of ether oxygens (including phenoxy) is 1. The van der Waals surface area contributed by atoms with Crippen molar-refractivity contribution in [1.82, 2.24) is 4.98 Å². The average Bonchev–Trinajstić information content (AvgIpc) is 3.15. The quantitative estimate of drug-likeness (QED) is 0.413. The molecule has 0 amide bonds. The Kier molecular flexibility index (Phi) is 7.30. The molecule has 25 heavy (non-hydrogen) atoms. The summed E-state index contributed by atoms with van der Waals surface area (Å²) in [5.74, 6) is 2.18. The number of aliphatic imine (C=N–C) groups is 1. The van der Waals surface area contributed by atoms with E-state index in [4.69, 9.17) is 10.5 Å². The predicted molar refractivity (Wildman–Crippen MR) is 113 cm³/mol. The highest BCUT2D eigenvalue weighted by molar-refractivity contribution is 14.0. The molecule has 0 unspecified atom stereocenters. The zero-order chi connectivity index (χ0) is 16.8. The largest absolute Gasteiger partial charge is 0.497 e. The predicted octanol–water partition coefficient (Wildman–Crippen LogP) is 3.24. The lowest BCUT2D eigenvalue weighted by molar-refractivity contribution is 0.415. The van der Waals surface area contributed by atoms with Gasteiger partial charge in [0.15, 0.2) is 5.96 Å². The van der Waals surface area contributed by atoms with E-state index in [2.05, 4.69) is 32.3 Å². The van der Waals surface area contributed by atoms with Crippen molar-refractivity contribution < 1.29 is 4.74 Å². The smallest absolute Gasteiger partial charge is 0.193 e. The van der Waals surface area contributed by atoms with Gasteiger partial charge in [-0.1, -0.05) is 12.1 Å². The summed E-state index contributed by atoms with van der Waals surface area (Å²) in [5, 5.41) is 3.06. The van der Waals surface area contributed by atoms with E-state index in [-0.39, 0.29) is 24.0 Å². The molecule has 0 saturated carbocycles. The monoisotopic (exact) mass is 453 g/mol. The molecule has 3 N–H and O–H groups in total. The van der Waals surface area contributed by atoms with Crippen LogP contribution in [-0.4, -0.2) is 31.1 Å². The van der Waals surface area contributed by atoms with Gasteiger partial charge in [-0.05, 0) is 36.6 Å². The fraction of sp³-hybridized carbons (Fsp3) is 0.333. The number of methoxy groups -OCH3 is 1. The van der Waals surface area contributed by atoms with Crippen molar-refractivity contribution in [1.29, 1.82) is 0 Å².